The van der Waals surface area contributed by atoms with Crippen molar-refractivity contribution in [3.8, 4) is 17.2 Å². The van der Waals surface area contributed by atoms with Crippen molar-refractivity contribution in [2.75, 3.05) is 32.0 Å². The van der Waals surface area contributed by atoms with Gasteiger partial charge < -0.3 is 24.8 Å². The summed E-state index contributed by atoms with van der Waals surface area (Å²) in [5.74, 6) is 0.594. The Morgan fingerprint density at radius 2 is 1.69 bits per heavy atom. The first kappa shape index (κ1) is 24.6. The molecule has 4 aromatic rings. The van der Waals surface area contributed by atoms with Crippen LogP contribution in [-0.2, 0) is 17.9 Å². The van der Waals surface area contributed by atoms with Gasteiger partial charge in [0.05, 0.1) is 32.5 Å². The standard InChI is InChI=1S/C27H26FN3O5/c1-34-20-10-8-17-12-18(15-29-19-9-11-24(35-2)25(13-19)36-3)27(33)31(23(17)14-20)16-26(32)30-22-7-5-4-6-21(22)28/h4-14,29H,15-16H2,1-3H3,(H,30,32). The second-order valence-electron chi connectivity index (χ2n) is 7.94. The van der Waals surface area contributed by atoms with Crippen LogP contribution in [0.2, 0.25) is 0 Å². The van der Waals surface area contributed by atoms with Crippen LogP contribution in [0.4, 0.5) is 15.8 Å². The molecule has 9 heteroatoms. The van der Waals surface area contributed by atoms with Crippen LogP contribution in [0.3, 0.4) is 0 Å². The molecular weight excluding hydrogens is 465 g/mol. The minimum Gasteiger partial charge on any atom is -0.497 e. The van der Waals surface area contributed by atoms with Crippen molar-refractivity contribution in [2.24, 2.45) is 0 Å². The van der Waals surface area contributed by atoms with Crippen LogP contribution >= 0.6 is 0 Å². The number of benzene rings is 3. The lowest BCUT2D eigenvalue weighted by atomic mass is 10.1. The van der Waals surface area contributed by atoms with E-state index in [1.54, 1.807) is 50.6 Å². The Kier molecular flexibility index (Phi) is 7.39. The number of anilines is 2. The number of rotatable bonds is 9. The van der Waals surface area contributed by atoms with Crippen molar-refractivity contribution in [2.45, 2.75) is 13.1 Å². The van der Waals surface area contributed by atoms with E-state index in [4.69, 9.17) is 14.2 Å². The first-order valence-corrected chi connectivity index (χ1v) is 11.1. The molecule has 0 spiro atoms. The largest absolute Gasteiger partial charge is 0.497 e. The number of halogens is 1. The summed E-state index contributed by atoms with van der Waals surface area (Å²) in [6.07, 6.45) is 0. The molecule has 36 heavy (non-hydrogen) atoms. The molecule has 4 rings (SSSR count). The molecule has 3 aromatic carbocycles. The van der Waals surface area contributed by atoms with E-state index in [2.05, 4.69) is 10.6 Å². The van der Waals surface area contributed by atoms with Crippen LogP contribution in [0.5, 0.6) is 17.2 Å². The minimum absolute atomic E-state index is 0.0451. The molecule has 1 amide bonds. The molecule has 0 aliphatic heterocycles. The molecule has 0 radical (unpaired) electrons. The fourth-order valence-corrected chi connectivity index (χ4v) is 3.86. The summed E-state index contributed by atoms with van der Waals surface area (Å²) in [6.45, 7) is -0.105. The van der Waals surface area contributed by atoms with Crippen molar-refractivity contribution in [3.63, 3.8) is 0 Å². The predicted octanol–water partition coefficient (Wildman–Crippen LogP) is 4.42. The maximum absolute atomic E-state index is 14.0. The zero-order chi connectivity index (χ0) is 25.7. The predicted molar refractivity (Wildman–Crippen MR) is 137 cm³/mol. The monoisotopic (exact) mass is 491 g/mol. The third-order valence-corrected chi connectivity index (χ3v) is 5.69. The Morgan fingerprint density at radius 1 is 0.917 bits per heavy atom. The fraction of sp³-hybridized carbons (Fsp3) is 0.185. The molecule has 0 aliphatic carbocycles. The maximum atomic E-state index is 14.0. The molecule has 8 nitrogen and oxygen atoms in total. The van der Waals surface area contributed by atoms with Gasteiger partial charge in [-0.3, -0.25) is 14.2 Å². The summed E-state index contributed by atoms with van der Waals surface area (Å²) in [7, 11) is 4.63. The van der Waals surface area contributed by atoms with E-state index in [1.807, 2.05) is 12.1 Å². The molecule has 2 N–H and O–H groups in total. The van der Waals surface area contributed by atoms with Crippen molar-refractivity contribution in [1.82, 2.24) is 4.57 Å². The summed E-state index contributed by atoms with van der Waals surface area (Å²) in [4.78, 5) is 26.3. The van der Waals surface area contributed by atoms with E-state index in [0.29, 0.717) is 28.3 Å². The molecule has 0 aliphatic rings. The molecule has 186 valence electrons. The molecule has 0 atom stereocenters. The van der Waals surface area contributed by atoms with Crippen molar-refractivity contribution < 1.29 is 23.4 Å². The zero-order valence-corrected chi connectivity index (χ0v) is 20.1. The number of fused-ring (bicyclic) bond motifs is 1. The van der Waals surface area contributed by atoms with E-state index in [9.17, 15) is 14.0 Å². The van der Waals surface area contributed by atoms with Gasteiger partial charge in [-0.1, -0.05) is 12.1 Å². The maximum Gasteiger partial charge on any atom is 0.256 e. The van der Waals surface area contributed by atoms with Crippen LogP contribution in [0.1, 0.15) is 5.56 Å². The van der Waals surface area contributed by atoms with E-state index in [1.165, 1.54) is 29.9 Å². The summed E-state index contributed by atoms with van der Waals surface area (Å²) >= 11 is 0. The first-order chi connectivity index (χ1) is 17.4. The van der Waals surface area contributed by atoms with Gasteiger partial charge in [0.2, 0.25) is 5.91 Å². The summed E-state index contributed by atoms with van der Waals surface area (Å²) in [5, 5.41) is 6.50. The fourth-order valence-electron chi connectivity index (χ4n) is 3.86. The summed E-state index contributed by atoms with van der Waals surface area (Å²) < 4.78 is 31.3. The van der Waals surface area contributed by atoms with Crippen LogP contribution in [0.15, 0.2) is 71.5 Å². The zero-order valence-electron chi connectivity index (χ0n) is 20.1. The topological polar surface area (TPSA) is 90.8 Å². The highest BCUT2D eigenvalue weighted by Crippen LogP contribution is 2.30. The van der Waals surface area contributed by atoms with Crippen molar-refractivity contribution in [3.05, 3.63) is 88.5 Å². The highest BCUT2D eigenvalue weighted by molar-refractivity contribution is 5.92. The number of pyridine rings is 1. The summed E-state index contributed by atoms with van der Waals surface area (Å²) in [5.41, 5.74) is 1.39. The Morgan fingerprint density at radius 3 is 2.42 bits per heavy atom. The third kappa shape index (κ3) is 5.25. The van der Waals surface area contributed by atoms with Gasteiger partial charge in [-0.05, 0) is 47.9 Å². The number of aromatic nitrogens is 1. The van der Waals surface area contributed by atoms with Gasteiger partial charge in [-0.15, -0.1) is 0 Å². The van der Waals surface area contributed by atoms with Crippen LogP contribution in [-0.4, -0.2) is 31.8 Å². The number of amides is 1. The Labute approximate surface area is 207 Å². The summed E-state index contributed by atoms with van der Waals surface area (Å²) in [6, 6.07) is 18.3. The van der Waals surface area contributed by atoms with Gasteiger partial charge >= 0.3 is 0 Å². The van der Waals surface area contributed by atoms with Gasteiger partial charge in [0.1, 0.15) is 18.1 Å². The molecular formula is C27H26FN3O5. The van der Waals surface area contributed by atoms with E-state index in [0.717, 1.165) is 11.1 Å². The Bertz CT molecular complexity index is 1470. The average molecular weight is 492 g/mol. The van der Waals surface area contributed by atoms with Crippen LogP contribution in [0.25, 0.3) is 10.9 Å². The van der Waals surface area contributed by atoms with E-state index in [-0.39, 0.29) is 24.3 Å². The molecule has 0 unspecified atom stereocenters. The number of ether oxygens (including phenoxy) is 3. The number of carbonyl (C=O) groups is 1. The number of hydrogen-bond acceptors (Lipinski definition) is 6. The lowest BCUT2D eigenvalue weighted by molar-refractivity contribution is -0.116. The van der Waals surface area contributed by atoms with E-state index >= 15 is 0 Å². The molecule has 0 saturated heterocycles. The van der Waals surface area contributed by atoms with E-state index < -0.39 is 11.7 Å². The minimum atomic E-state index is -0.558. The smallest absolute Gasteiger partial charge is 0.256 e. The average Bonchev–Trinajstić information content (AvgIpc) is 2.90. The number of methoxy groups -OCH3 is 3. The van der Waals surface area contributed by atoms with Gasteiger partial charge in [0.25, 0.3) is 5.56 Å². The lowest BCUT2D eigenvalue weighted by Gasteiger charge is -2.15. The van der Waals surface area contributed by atoms with Gasteiger partial charge in [-0.2, -0.15) is 0 Å². The molecule has 0 fully saturated rings. The normalized spacial score (nSPS) is 10.7. The van der Waals surface area contributed by atoms with Crippen LogP contribution < -0.4 is 30.4 Å². The van der Waals surface area contributed by atoms with Crippen molar-refractivity contribution in [1.29, 1.82) is 0 Å². The highest BCUT2D eigenvalue weighted by atomic mass is 19.1. The first-order valence-electron chi connectivity index (χ1n) is 11.1. The van der Waals surface area contributed by atoms with Crippen LogP contribution in [0, 0.1) is 5.82 Å². The second-order valence-corrected chi connectivity index (χ2v) is 7.94. The molecule has 1 heterocycles. The number of hydrogen-bond donors (Lipinski definition) is 2. The Balaban J connectivity index is 1.67. The quantitative estimate of drug-likeness (QED) is 0.360. The number of nitrogens with zero attached hydrogens (tertiary/aromatic N) is 1. The Hall–Kier alpha value is -4.53. The van der Waals surface area contributed by atoms with Gasteiger partial charge in [-0.25, -0.2) is 4.39 Å². The molecule has 0 bridgehead atoms. The van der Waals surface area contributed by atoms with Gasteiger partial charge in [0, 0.05) is 29.9 Å². The lowest BCUT2D eigenvalue weighted by Crippen LogP contribution is -2.31. The second kappa shape index (κ2) is 10.8. The third-order valence-electron chi connectivity index (χ3n) is 5.69. The number of carbonyl (C=O) groups excluding carboxylic acids is 1. The number of para-hydroxylation sites is 1. The SMILES string of the molecule is COc1ccc2cc(CNc3ccc(OC)c(OC)c3)c(=O)n(CC(=O)Nc3ccccc3F)c2c1. The van der Waals surface area contributed by atoms with Crippen molar-refractivity contribution >= 4 is 28.2 Å². The molecule has 1 aromatic heterocycles. The van der Waals surface area contributed by atoms with Gasteiger partial charge in [0.15, 0.2) is 11.5 Å². The highest BCUT2D eigenvalue weighted by Gasteiger charge is 2.15. The molecule has 0 saturated carbocycles. The number of nitrogens with one attached hydrogen (secondary N) is 2.